The summed E-state index contributed by atoms with van der Waals surface area (Å²) in [6.07, 6.45) is 5.42. The summed E-state index contributed by atoms with van der Waals surface area (Å²) in [6, 6.07) is 5.53. The van der Waals surface area contributed by atoms with Crippen molar-refractivity contribution in [3.8, 4) is 6.07 Å². The molecule has 1 aromatic heterocycles. The third-order valence-corrected chi connectivity index (χ3v) is 3.36. The van der Waals surface area contributed by atoms with Crippen LogP contribution >= 0.6 is 0 Å². The number of nitrogens with zero attached hydrogens (tertiary/aromatic N) is 2. The molecule has 94 valence electrons. The average Bonchev–Trinajstić information content (AvgIpc) is 2.40. The van der Waals surface area contributed by atoms with Crippen LogP contribution in [-0.2, 0) is 4.79 Å². The Labute approximate surface area is 106 Å². The predicted octanol–water partition coefficient (Wildman–Crippen LogP) is 1.41. The van der Waals surface area contributed by atoms with Crippen LogP contribution in [0.4, 0.5) is 5.82 Å². The Bertz CT molecular complexity index is 463. The van der Waals surface area contributed by atoms with Crippen molar-refractivity contribution >= 4 is 11.7 Å². The number of nitrogens with one attached hydrogen (secondary N) is 1. The topological polar surface area (TPSA) is 91.8 Å². The lowest BCUT2D eigenvalue weighted by Crippen LogP contribution is -2.40. The molecule has 18 heavy (non-hydrogen) atoms. The summed E-state index contributed by atoms with van der Waals surface area (Å²) in [5, 5.41) is 11.9. The first-order chi connectivity index (χ1) is 8.70. The van der Waals surface area contributed by atoms with Gasteiger partial charge in [0.15, 0.2) is 0 Å². The first-order valence-electron chi connectivity index (χ1n) is 6.12. The van der Waals surface area contributed by atoms with E-state index < -0.39 is 0 Å². The van der Waals surface area contributed by atoms with Crippen LogP contribution in [0.25, 0.3) is 0 Å². The van der Waals surface area contributed by atoms with Crippen LogP contribution in [0, 0.1) is 17.2 Å². The second-order valence-corrected chi connectivity index (χ2v) is 4.59. The van der Waals surface area contributed by atoms with Crippen LogP contribution in [0.15, 0.2) is 18.3 Å². The number of rotatable bonds is 3. The molecule has 2 unspecified atom stereocenters. The van der Waals surface area contributed by atoms with Gasteiger partial charge in [-0.15, -0.1) is 0 Å². The summed E-state index contributed by atoms with van der Waals surface area (Å²) < 4.78 is 0. The number of anilines is 1. The fraction of sp³-hybridized carbons (Fsp3) is 0.462. The maximum atomic E-state index is 11.4. The first-order valence-corrected chi connectivity index (χ1v) is 6.12. The van der Waals surface area contributed by atoms with Crippen LogP contribution < -0.4 is 11.1 Å². The quantitative estimate of drug-likeness (QED) is 0.840. The molecule has 2 rings (SSSR count). The molecule has 1 fully saturated rings. The fourth-order valence-electron chi connectivity index (χ4n) is 2.38. The van der Waals surface area contributed by atoms with Gasteiger partial charge in [-0.1, -0.05) is 12.8 Å². The first kappa shape index (κ1) is 12.4. The van der Waals surface area contributed by atoms with E-state index in [1.807, 2.05) is 6.07 Å². The molecule has 0 radical (unpaired) electrons. The Morgan fingerprint density at radius 3 is 2.83 bits per heavy atom. The van der Waals surface area contributed by atoms with Gasteiger partial charge in [0.05, 0.1) is 11.5 Å². The molecule has 1 aliphatic rings. The lowest BCUT2D eigenvalue weighted by molar-refractivity contribution is -0.122. The highest BCUT2D eigenvalue weighted by molar-refractivity contribution is 5.78. The number of primary amides is 1. The molecule has 0 bridgehead atoms. The number of pyridine rings is 1. The number of carbonyl (C=O) groups excluding carboxylic acids is 1. The van der Waals surface area contributed by atoms with Crippen molar-refractivity contribution in [2.75, 3.05) is 5.32 Å². The number of hydrogen-bond donors (Lipinski definition) is 2. The predicted molar refractivity (Wildman–Crippen MR) is 67.5 cm³/mol. The van der Waals surface area contributed by atoms with E-state index in [9.17, 15) is 4.79 Å². The zero-order chi connectivity index (χ0) is 13.0. The van der Waals surface area contributed by atoms with Crippen molar-refractivity contribution < 1.29 is 4.79 Å². The van der Waals surface area contributed by atoms with Crippen molar-refractivity contribution in [1.82, 2.24) is 4.98 Å². The van der Waals surface area contributed by atoms with Crippen molar-refractivity contribution in [3.63, 3.8) is 0 Å². The van der Waals surface area contributed by atoms with Crippen LogP contribution in [0.3, 0.4) is 0 Å². The maximum absolute atomic E-state index is 11.4. The summed E-state index contributed by atoms with van der Waals surface area (Å²) in [6.45, 7) is 0. The van der Waals surface area contributed by atoms with E-state index in [0.29, 0.717) is 11.4 Å². The third kappa shape index (κ3) is 2.77. The number of aromatic nitrogens is 1. The Kier molecular flexibility index (Phi) is 3.78. The lowest BCUT2D eigenvalue weighted by Gasteiger charge is -2.30. The van der Waals surface area contributed by atoms with Gasteiger partial charge in [0.1, 0.15) is 11.9 Å². The smallest absolute Gasteiger partial charge is 0.222 e. The number of nitrogens with two attached hydrogens (primary N) is 1. The molecule has 3 N–H and O–H groups in total. The minimum absolute atomic E-state index is 0.0525. The summed E-state index contributed by atoms with van der Waals surface area (Å²) in [4.78, 5) is 15.5. The van der Waals surface area contributed by atoms with Gasteiger partial charge < -0.3 is 11.1 Å². The molecular formula is C13H16N4O. The number of amides is 1. The maximum Gasteiger partial charge on any atom is 0.222 e. The van der Waals surface area contributed by atoms with E-state index in [-0.39, 0.29) is 17.9 Å². The molecule has 1 heterocycles. The van der Waals surface area contributed by atoms with Gasteiger partial charge in [-0.05, 0) is 25.0 Å². The SMILES string of the molecule is N#Cc1ccc(NC2CCCCC2C(N)=O)nc1. The average molecular weight is 244 g/mol. The number of hydrogen-bond acceptors (Lipinski definition) is 4. The van der Waals surface area contributed by atoms with E-state index in [1.54, 1.807) is 12.1 Å². The number of carbonyl (C=O) groups is 1. The molecule has 0 aromatic carbocycles. The molecule has 2 atom stereocenters. The highest BCUT2D eigenvalue weighted by Crippen LogP contribution is 2.26. The zero-order valence-electron chi connectivity index (χ0n) is 10.1. The second kappa shape index (κ2) is 5.50. The minimum atomic E-state index is -0.249. The summed E-state index contributed by atoms with van der Waals surface area (Å²) in [7, 11) is 0. The Balaban J connectivity index is 2.06. The molecule has 0 saturated heterocycles. The monoisotopic (exact) mass is 244 g/mol. The van der Waals surface area contributed by atoms with Gasteiger partial charge in [-0.3, -0.25) is 4.79 Å². The Morgan fingerprint density at radius 1 is 1.44 bits per heavy atom. The van der Waals surface area contributed by atoms with E-state index in [4.69, 9.17) is 11.0 Å². The van der Waals surface area contributed by atoms with E-state index >= 15 is 0 Å². The Morgan fingerprint density at radius 2 is 2.22 bits per heavy atom. The van der Waals surface area contributed by atoms with Crippen molar-refractivity contribution in [2.24, 2.45) is 11.7 Å². The summed E-state index contributed by atoms with van der Waals surface area (Å²) in [5.41, 5.74) is 5.94. The summed E-state index contributed by atoms with van der Waals surface area (Å²) >= 11 is 0. The molecule has 0 spiro atoms. The van der Waals surface area contributed by atoms with Gasteiger partial charge in [-0.2, -0.15) is 5.26 Å². The minimum Gasteiger partial charge on any atom is -0.369 e. The highest BCUT2D eigenvalue weighted by Gasteiger charge is 2.29. The highest BCUT2D eigenvalue weighted by atomic mass is 16.1. The van der Waals surface area contributed by atoms with Gasteiger partial charge >= 0.3 is 0 Å². The number of nitriles is 1. The van der Waals surface area contributed by atoms with Crippen LogP contribution in [0.5, 0.6) is 0 Å². The van der Waals surface area contributed by atoms with Crippen LogP contribution in [0.2, 0.25) is 0 Å². The van der Waals surface area contributed by atoms with Crippen LogP contribution in [-0.4, -0.2) is 16.9 Å². The van der Waals surface area contributed by atoms with Crippen LogP contribution in [0.1, 0.15) is 31.2 Å². The van der Waals surface area contributed by atoms with Gasteiger partial charge in [0.2, 0.25) is 5.91 Å². The molecule has 1 amide bonds. The van der Waals surface area contributed by atoms with E-state index in [0.717, 1.165) is 25.7 Å². The molecule has 0 aliphatic heterocycles. The van der Waals surface area contributed by atoms with Crippen molar-refractivity contribution in [2.45, 2.75) is 31.7 Å². The largest absolute Gasteiger partial charge is 0.369 e. The van der Waals surface area contributed by atoms with Crippen molar-refractivity contribution in [3.05, 3.63) is 23.9 Å². The molecule has 5 nitrogen and oxygen atoms in total. The third-order valence-electron chi connectivity index (χ3n) is 3.36. The molecule has 1 aliphatic carbocycles. The molecular weight excluding hydrogens is 228 g/mol. The molecule has 1 aromatic rings. The summed E-state index contributed by atoms with van der Waals surface area (Å²) in [5.74, 6) is 0.309. The normalized spacial score (nSPS) is 23.1. The second-order valence-electron chi connectivity index (χ2n) is 4.59. The van der Waals surface area contributed by atoms with Gasteiger partial charge in [0.25, 0.3) is 0 Å². The molecule has 1 saturated carbocycles. The fourth-order valence-corrected chi connectivity index (χ4v) is 2.38. The van der Waals surface area contributed by atoms with E-state index in [1.165, 1.54) is 6.20 Å². The lowest BCUT2D eigenvalue weighted by atomic mass is 9.84. The zero-order valence-corrected chi connectivity index (χ0v) is 10.1. The molecule has 5 heteroatoms. The Hall–Kier alpha value is -2.09. The van der Waals surface area contributed by atoms with Gasteiger partial charge in [0, 0.05) is 12.2 Å². The standard InChI is InChI=1S/C13H16N4O/c14-7-9-5-6-12(16-8-9)17-11-4-2-1-3-10(11)13(15)18/h5-6,8,10-11H,1-4H2,(H2,15,18)(H,16,17). The van der Waals surface area contributed by atoms with E-state index in [2.05, 4.69) is 10.3 Å². The van der Waals surface area contributed by atoms with Crippen molar-refractivity contribution in [1.29, 1.82) is 5.26 Å². The van der Waals surface area contributed by atoms with Gasteiger partial charge in [-0.25, -0.2) is 4.98 Å².